The summed E-state index contributed by atoms with van der Waals surface area (Å²) in [7, 11) is 0. The minimum absolute atomic E-state index is 0.0643. The largest absolute Gasteiger partial charge is 0.457 e. The molecule has 0 aromatic rings. The summed E-state index contributed by atoms with van der Waals surface area (Å²) >= 11 is 0. The second-order valence-electron chi connectivity index (χ2n) is 12.6. The van der Waals surface area contributed by atoms with Crippen molar-refractivity contribution < 1.29 is 34.3 Å². The second-order valence-corrected chi connectivity index (χ2v) is 12.6. The van der Waals surface area contributed by atoms with Gasteiger partial charge in [-0.3, -0.25) is 4.79 Å². The molecule has 198 valence electrons. The molecule has 0 bridgehead atoms. The van der Waals surface area contributed by atoms with Crippen molar-refractivity contribution in [2.45, 2.75) is 109 Å². The molecule has 4 saturated carbocycles. The molecule has 0 amide bonds. The van der Waals surface area contributed by atoms with E-state index in [4.69, 9.17) is 14.2 Å². The molecule has 0 aromatic carbocycles. The molecule has 5 aliphatic rings. The molecule has 7 heteroatoms. The van der Waals surface area contributed by atoms with E-state index in [-0.39, 0.29) is 17.9 Å². The van der Waals surface area contributed by atoms with Gasteiger partial charge in [0.05, 0.1) is 18.8 Å². The highest BCUT2D eigenvalue weighted by Crippen LogP contribution is 2.67. The Balaban J connectivity index is 1.34. The van der Waals surface area contributed by atoms with Crippen LogP contribution in [0.4, 0.5) is 0 Å². The highest BCUT2D eigenvalue weighted by Gasteiger charge is 2.62. The molecule has 5 fully saturated rings. The SMILES string of the molecule is C=C[C@H]1CC[C@H]2[C@@H]3CC[C@H]4[C@H](O[C@@H]5OC[C@@H](O)[C@@H](OC(C)=O)[C@@H]5O)[C@@H](O)CC[C@]4(C)[C@H]3CC[C@]12C. The van der Waals surface area contributed by atoms with E-state index in [2.05, 4.69) is 26.5 Å². The Morgan fingerprint density at radius 2 is 1.60 bits per heavy atom. The number of hydrogen-bond donors (Lipinski definition) is 3. The summed E-state index contributed by atoms with van der Waals surface area (Å²) in [5.74, 6) is 2.26. The van der Waals surface area contributed by atoms with Crippen molar-refractivity contribution in [3.05, 3.63) is 12.7 Å². The Labute approximate surface area is 209 Å². The number of rotatable bonds is 4. The fourth-order valence-corrected chi connectivity index (χ4v) is 9.28. The van der Waals surface area contributed by atoms with Crippen LogP contribution >= 0.6 is 0 Å². The van der Waals surface area contributed by atoms with Gasteiger partial charge in [-0.05, 0) is 91.8 Å². The minimum Gasteiger partial charge on any atom is -0.457 e. The molecule has 35 heavy (non-hydrogen) atoms. The van der Waals surface area contributed by atoms with E-state index in [9.17, 15) is 20.1 Å². The quantitative estimate of drug-likeness (QED) is 0.409. The zero-order chi connectivity index (χ0) is 25.1. The fourth-order valence-electron chi connectivity index (χ4n) is 9.28. The van der Waals surface area contributed by atoms with Gasteiger partial charge < -0.3 is 29.5 Å². The number of carbonyl (C=O) groups is 1. The van der Waals surface area contributed by atoms with Gasteiger partial charge in [0.1, 0.15) is 12.2 Å². The first-order valence-electron chi connectivity index (χ1n) is 13.7. The Bertz CT molecular complexity index is 817. The lowest BCUT2D eigenvalue weighted by molar-refractivity contribution is -0.311. The topological polar surface area (TPSA) is 105 Å². The van der Waals surface area contributed by atoms with Gasteiger partial charge >= 0.3 is 5.97 Å². The fraction of sp³-hybridized carbons (Fsp3) is 0.893. The first-order chi connectivity index (χ1) is 16.6. The van der Waals surface area contributed by atoms with Gasteiger partial charge in [0, 0.05) is 6.92 Å². The van der Waals surface area contributed by atoms with Crippen molar-refractivity contribution in [3.8, 4) is 0 Å². The third-order valence-corrected chi connectivity index (χ3v) is 11.1. The molecular weight excluding hydrogens is 448 g/mol. The maximum atomic E-state index is 11.5. The molecule has 3 N–H and O–H groups in total. The monoisotopic (exact) mass is 492 g/mol. The maximum absolute atomic E-state index is 11.5. The molecule has 1 aliphatic heterocycles. The van der Waals surface area contributed by atoms with Crippen LogP contribution in [0.2, 0.25) is 0 Å². The Kier molecular flexibility index (Phi) is 6.88. The van der Waals surface area contributed by atoms with Gasteiger partial charge in [0.25, 0.3) is 0 Å². The van der Waals surface area contributed by atoms with Crippen molar-refractivity contribution in [2.24, 2.45) is 40.4 Å². The molecular formula is C28H44O7. The number of fused-ring (bicyclic) bond motifs is 5. The summed E-state index contributed by atoms with van der Waals surface area (Å²) in [6.07, 6.45) is 5.28. The number of allylic oxidation sites excluding steroid dienone is 1. The lowest BCUT2D eigenvalue weighted by Crippen LogP contribution is -2.61. The molecule has 0 radical (unpaired) electrons. The third-order valence-electron chi connectivity index (χ3n) is 11.1. The number of esters is 1. The van der Waals surface area contributed by atoms with Crippen LogP contribution < -0.4 is 0 Å². The number of ether oxygens (including phenoxy) is 3. The van der Waals surface area contributed by atoms with Crippen molar-refractivity contribution in [3.63, 3.8) is 0 Å². The summed E-state index contributed by atoms with van der Waals surface area (Å²) in [5.41, 5.74) is 0.428. The maximum Gasteiger partial charge on any atom is 0.303 e. The van der Waals surface area contributed by atoms with E-state index in [1.807, 2.05) is 0 Å². The first-order valence-corrected chi connectivity index (χ1v) is 13.7. The van der Waals surface area contributed by atoms with Crippen LogP contribution in [0.1, 0.15) is 72.1 Å². The molecule has 5 rings (SSSR count). The van der Waals surface area contributed by atoms with Gasteiger partial charge in [0.15, 0.2) is 12.4 Å². The molecule has 1 saturated heterocycles. The highest BCUT2D eigenvalue weighted by atomic mass is 16.7. The Hall–Kier alpha value is -0.990. The smallest absolute Gasteiger partial charge is 0.303 e. The van der Waals surface area contributed by atoms with Gasteiger partial charge in [-0.1, -0.05) is 19.9 Å². The predicted octanol–water partition coefficient (Wildman–Crippen LogP) is 3.20. The van der Waals surface area contributed by atoms with Gasteiger partial charge in [-0.25, -0.2) is 0 Å². The van der Waals surface area contributed by atoms with Crippen molar-refractivity contribution in [2.75, 3.05) is 6.61 Å². The molecule has 0 aromatic heterocycles. The lowest BCUT2D eigenvalue weighted by Gasteiger charge is -2.62. The van der Waals surface area contributed by atoms with Crippen molar-refractivity contribution in [1.82, 2.24) is 0 Å². The zero-order valence-corrected chi connectivity index (χ0v) is 21.5. The Morgan fingerprint density at radius 1 is 0.914 bits per heavy atom. The van der Waals surface area contributed by atoms with Crippen LogP contribution in [0.25, 0.3) is 0 Å². The summed E-state index contributed by atoms with van der Waals surface area (Å²) in [6.45, 7) is 10.2. The van der Waals surface area contributed by atoms with Crippen molar-refractivity contribution >= 4 is 5.97 Å². The lowest BCUT2D eigenvalue weighted by atomic mass is 9.44. The minimum atomic E-state index is -1.32. The van der Waals surface area contributed by atoms with Crippen LogP contribution in [0.3, 0.4) is 0 Å². The van der Waals surface area contributed by atoms with Crippen LogP contribution in [-0.2, 0) is 19.0 Å². The number of hydrogen-bond acceptors (Lipinski definition) is 7. The molecule has 13 atom stereocenters. The normalized spacial score (nSPS) is 53.7. The van der Waals surface area contributed by atoms with E-state index in [1.165, 1.54) is 32.6 Å². The van der Waals surface area contributed by atoms with E-state index in [0.29, 0.717) is 29.6 Å². The zero-order valence-electron chi connectivity index (χ0n) is 21.5. The standard InChI is InChI=1S/C28H44O7/c1-5-16-6-8-18-17-7-9-20-24(35-26-23(32)25(34-15(2)29)22(31)14-33-26)21(30)11-13-28(20,4)19(17)10-12-27(16,18)3/h5,16-26,30-32H,1,6-14H2,2-4H3/t16-,17-,18-,19-,20-,21-,22+,23-,24-,25+,26-,27+,28+/m0/s1. The average Bonchev–Trinajstić information content (AvgIpc) is 3.16. The summed E-state index contributed by atoms with van der Waals surface area (Å²) in [5, 5.41) is 32.0. The Morgan fingerprint density at radius 3 is 2.31 bits per heavy atom. The molecule has 7 nitrogen and oxygen atoms in total. The average molecular weight is 493 g/mol. The highest BCUT2D eigenvalue weighted by molar-refractivity contribution is 5.66. The van der Waals surface area contributed by atoms with E-state index >= 15 is 0 Å². The first kappa shape index (κ1) is 25.7. The van der Waals surface area contributed by atoms with E-state index in [0.717, 1.165) is 25.2 Å². The summed E-state index contributed by atoms with van der Waals surface area (Å²) in [4.78, 5) is 11.5. The second kappa shape index (κ2) is 9.39. The third kappa shape index (κ3) is 4.10. The van der Waals surface area contributed by atoms with Crippen LogP contribution in [0.15, 0.2) is 12.7 Å². The van der Waals surface area contributed by atoms with Crippen molar-refractivity contribution in [1.29, 1.82) is 0 Å². The molecule has 0 spiro atoms. The van der Waals surface area contributed by atoms with Crippen LogP contribution in [0, 0.1) is 40.4 Å². The number of carbonyl (C=O) groups excluding carboxylic acids is 1. The summed E-state index contributed by atoms with van der Waals surface area (Å²) < 4.78 is 17.1. The summed E-state index contributed by atoms with van der Waals surface area (Å²) in [6, 6.07) is 0. The van der Waals surface area contributed by atoms with Crippen LogP contribution in [-0.4, -0.2) is 64.7 Å². The van der Waals surface area contributed by atoms with Gasteiger partial charge in [-0.2, -0.15) is 0 Å². The number of aliphatic hydroxyl groups is 3. The predicted molar refractivity (Wildman–Crippen MR) is 129 cm³/mol. The number of aliphatic hydroxyl groups excluding tert-OH is 3. The molecule has 1 heterocycles. The van der Waals surface area contributed by atoms with Gasteiger partial charge in [0.2, 0.25) is 0 Å². The van der Waals surface area contributed by atoms with Crippen LogP contribution in [0.5, 0.6) is 0 Å². The molecule has 0 unspecified atom stereocenters. The van der Waals surface area contributed by atoms with E-state index < -0.39 is 42.8 Å². The van der Waals surface area contributed by atoms with Gasteiger partial charge in [-0.15, -0.1) is 6.58 Å². The molecule has 4 aliphatic carbocycles. The van der Waals surface area contributed by atoms with E-state index in [1.54, 1.807) is 0 Å².